The molecular formula is C16H27N3. The molecule has 1 aromatic rings. The monoisotopic (exact) mass is 261 g/mol. The molecule has 3 nitrogen and oxygen atoms in total. The van der Waals surface area contributed by atoms with Crippen molar-refractivity contribution in [2.24, 2.45) is 11.8 Å². The van der Waals surface area contributed by atoms with Gasteiger partial charge in [-0.15, -0.1) is 0 Å². The largest absolute Gasteiger partial charge is 0.314 e. The third kappa shape index (κ3) is 4.00. The zero-order valence-electron chi connectivity index (χ0n) is 12.5. The Bertz CT molecular complexity index is 364. The maximum Gasteiger partial charge on any atom is 0.0620 e. The van der Waals surface area contributed by atoms with Gasteiger partial charge in [0.2, 0.25) is 0 Å². The molecule has 0 bridgehead atoms. The minimum absolute atomic E-state index is 0.561. The van der Waals surface area contributed by atoms with E-state index in [0.717, 1.165) is 12.5 Å². The third-order valence-corrected chi connectivity index (χ3v) is 4.43. The fraction of sp³-hybridized carbons (Fsp3) is 0.750. The summed E-state index contributed by atoms with van der Waals surface area (Å²) >= 11 is 0. The Morgan fingerprint density at radius 2 is 2.16 bits per heavy atom. The molecule has 3 atom stereocenters. The fourth-order valence-electron chi connectivity index (χ4n) is 3.19. The average molecular weight is 261 g/mol. The molecule has 0 saturated heterocycles. The number of aromatic nitrogens is 2. The lowest BCUT2D eigenvalue weighted by Crippen LogP contribution is -2.35. The third-order valence-electron chi connectivity index (χ3n) is 4.43. The van der Waals surface area contributed by atoms with E-state index in [4.69, 9.17) is 0 Å². The minimum Gasteiger partial charge on any atom is -0.314 e. The molecule has 3 unspecified atom stereocenters. The van der Waals surface area contributed by atoms with E-state index in [0.29, 0.717) is 17.9 Å². The molecule has 1 aromatic heterocycles. The van der Waals surface area contributed by atoms with Crippen LogP contribution >= 0.6 is 0 Å². The maximum absolute atomic E-state index is 4.56. The summed E-state index contributed by atoms with van der Waals surface area (Å²) in [7, 11) is 0. The molecule has 2 rings (SSSR count). The molecule has 0 aromatic carbocycles. The second kappa shape index (κ2) is 6.99. The molecule has 106 valence electrons. The Hall–Kier alpha value is -0.960. The molecular weight excluding hydrogens is 234 g/mol. The number of nitrogens with zero attached hydrogens (tertiary/aromatic N) is 2. The molecule has 1 fully saturated rings. The van der Waals surface area contributed by atoms with Crippen LogP contribution in [0.1, 0.15) is 58.1 Å². The highest BCUT2D eigenvalue weighted by atomic mass is 14.9. The van der Waals surface area contributed by atoms with E-state index in [1.165, 1.54) is 31.4 Å². The summed E-state index contributed by atoms with van der Waals surface area (Å²) in [6, 6.07) is 0.561. The van der Waals surface area contributed by atoms with E-state index < -0.39 is 0 Å². The van der Waals surface area contributed by atoms with Crippen LogP contribution in [0.15, 0.2) is 18.6 Å². The summed E-state index contributed by atoms with van der Waals surface area (Å²) in [5.74, 6) is 2.16. The second-order valence-corrected chi connectivity index (χ2v) is 6.15. The number of hydrogen-bond donors (Lipinski definition) is 1. The molecule has 0 aliphatic heterocycles. The quantitative estimate of drug-likeness (QED) is 0.883. The van der Waals surface area contributed by atoms with Crippen LogP contribution in [0, 0.1) is 11.8 Å². The van der Waals surface area contributed by atoms with Crippen molar-refractivity contribution in [1.29, 1.82) is 0 Å². The minimum atomic E-state index is 0.561. The molecule has 0 radical (unpaired) electrons. The van der Waals surface area contributed by atoms with E-state index in [2.05, 4.69) is 36.1 Å². The van der Waals surface area contributed by atoms with Gasteiger partial charge >= 0.3 is 0 Å². The van der Waals surface area contributed by atoms with Crippen molar-refractivity contribution in [3.63, 3.8) is 0 Å². The summed E-state index contributed by atoms with van der Waals surface area (Å²) in [5.41, 5.74) is 1.19. The first kappa shape index (κ1) is 14.4. The Balaban J connectivity index is 2.07. The van der Waals surface area contributed by atoms with Crippen molar-refractivity contribution < 1.29 is 0 Å². The lowest BCUT2D eigenvalue weighted by molar-refractivity contribution is 0.219. The van der Waals surface area contributed by atoms with Gasteiger partial charge < -0.3 is 5.32 Å². The van der Waals surface area contributed by atoms with Gasteiger partial charge in [0, 0.05) is 30.6 Å². The van der Waals surface area contributed by atoms with Crippen LogP contribution in [0.4, 0.5) is 0 Å². The summed E-state index contributed by atoms with van der Waals surface area (Å²) in [4.78, 5) is 8.82. The van der Waals surface area contributed by atoms with Gasteiger partial charge in [0.1, 0.15) is 0 Å². The van der Waals surface area contributed by atoms with Crippen molar-refractivity contribution in [3.05, 3.63) is 24.3 Å². The van der Waals surface area contributed by atoms with Crippen LogP contribution in [-0.2, 0) is 0 Å². The average Bonchev–Trinajstić information content (AvgIpc) is 2.46. The highest BCUT2D eigenvalue weighted by molar-refractivity contribution is 5.08. The highest BCUT2D eigenvalue weighted by Gasteiger charge is 2.31. The van der Waals surface area contributed by atoms with Crippen molar-refractivity contribution in [2.45, 2.75) is 58.4 Å². The van der Waals surface area contributed by atoms with E-state index in [9.17, 15) is 0 Å². The smallest absolute Gasteiger partial charge is 0.0620 e. The fourth-order valence-corrected chi connectivity index (χ4v) is 3.19. The molecule has 0 amide bonds. The first-order valence-electron chi connectivity index (χ1n) is 7.70. The van der Waals surface area contributed by atoms with E-state index in [1.54, 1.807) is 6.20 Å². The van der Waals surface area contributed by atoms with Gasteiger partial charge in [-0.25, -0.2) is 0 Å². The van der Waals surface area contributed by atoms with Crippen LogP contribution < -0.4 is 5.32 Å². The van der Waals surface area contributed by atoms with Crippen LogP contribution in [0.5, 0.6) is 0 Å². The lowest BCUT2D eigenvalue weighted by atomic mass is 9.72. The molecule has 19 heavy (non-hydrogen) atoms. The molecule has 1 N–H and O–H groups in total. The summed E-state index contributed by atoms with van der Waals surface area (Å²) in [6.45, 7) is 7.85. The lowest BCUT2D eigenvalue weighted by Gasteiger charge is -2.36. The maximum atomic E-state index is 4.56. The summed E-state index contributed by atoms with van der Waals surface area (Å²) in [6.07, 6.45) is 10.8. The van der Waals surface area contributed by atoms with E-state index in [-0.39, 0.29) is 0 Å². The first-order valence-corrected chi connectivity index (χ1v) is 7.70. The zero-order chi connectivity index (χ0) is 13.7. The van der Waals surface area contributed by atoms with E-state index >= 15 is 0 Å². The first-order chi connectivity index (χ1) is 9.20. The van der Waals surface area contributed by atoms with Crippen LogP contribution in [0.2, 0.25) is 0 Å². The number of nitrogens with one attached hydrogen (secondary N) is 1. The summed E-state index contributed by atoms with van der Waals surface area (Å²) < 4.78 is 0. The predicted octanol–water partition coefficient (Wildman–Crippen LogP) is 3.38. The number of hydrogen-bond acceptors (Lipinski definition) is 3. The normalized spacial score (nSPS) is 27.7. The Morgan fingerprint density at radius 1 is 1.32 bits per heavy atom. The Kier molecular flexibility index (Phi) is 5.32. The van der Waals surface area contributed by atoms with Crippen molar-refractivity contribution in [1.82, 2.24) is 15.3 Å². The molecule has 1 aliphatic rings. The van der Waals surface area contributed by atoms with Crippen LogP contribution in [0.25, 0.3) is 0 Å². The van der Waals surface area contributed by atoms with Gasteiger partial charge in [0.25, 0.3) is 0 Å². The standard InChI is InChI=1S/C16H27N3/c1-4-13-5-6-14(10-19-12(2)3)15(9-13)16-11-17-7-8-18-16/h7-8,11-15,19H,4-6,9-10H2,1-3H3. The van der Waals surface area contributed by atoms with Gasteiger partial charge in [-0.1, -0.05) is 33.6 Å². The van der Waals surface area contributed by atoms with Gasteiger partial charge in [-0.3, -0.25) is 9.97 Å². The Morgan fingerprint density at radius 3 is 2.79 bits per heavy atom. The zero-order valence-corrected chi connectivity index (χ0v) is 12.5. The van der Waals surface area contributed by atoms with Gasteiger partial charge in [0.15, 0.2) is 0 Å². The second-order valence-electron chi connectivity index (χ2n) is 6.15. The van der Waals surface area contributed by atoms with Crippen molar-refractivity contribution in [3.8, 4) is 0 Å². The highest BCUT2D eigenvalue weighted by Crippen LogP contribution is 2.40. The van der Waals surface area contributed by atoms with Gasteiger partial charge in [-0.2, -0.15) is 0 Å². The van der Waals surface area contributed by atoms with Crippen LogP contribution in [-0.4, -0.2) is 22.6 Å². The summed E-state index contributed by atoms with van der Waals surface area (Å²) in [5, 5.41) is 3.60. The Labute approximate surface area is 117 Å². The van der Waals surface area contributed by atoms with E-state index in [1.807, 2.05) is 12.4 Å². The molecule has 1 saturated carbocycles. The van der Waals surface area contributed by atoms with Gasteiger partial charge in [0.05, 0.1) is 5.69 Å². The van der Waals surface area contributed by atoms with Crippen molar-refractivity contribution >= 4 is 0 Å². The molecule has 0 spiro atoms. The molecule has 1 aliphatic carbocycles. The van der Waals surface area contributed by atoms with Gasteiger partial charge in [-0.05, 0) is 31.2 Å². The SMILES string of the molecule is CCC1CCC(CNC(C)C)C(c2cnccn2)C1. The predicted molar refractivity (Wildman–Crippen MR) is 79.0 cm³/mol. The van der Waals surface area contributed by atoms with Crippen molar-refractivity contribution in [2.75, 3.05) is 6.54 Å². The topological polar surface area (TPSA) is 37.8 Å². The molecule has 3 heteroatoms. The molecule has 1 heterocycles. The van der Waals surface area contributed by atoms with Crippen LogP contribution in [0.3, 0.4) is 0 Å². The number of rotatable bonds is 5.